The number of para-hydroxylation sites is 1. The Labute approximate surface area is 150 Å². The molecule has 2 aromatic carbocycles. The standard InChI is InChI=1S/C20H27N3O2/c1-15(18-10-5-6-11-19(18)25-4)13-22-20(21-2)23-14-16-8-7-9-17(12-16)24-3/h5-12,15H,13-14H2,1-4H3,(H2,21,22,23). The van der Waals surface area contributed by atoms with Gasteiger partial charge in [-0.15, -0.1) is 0 Å². The highest BCUT2D eigenvalue weighted by Crippen LogP contribution is 2.25. The Balaban J connectivity index is 1.89. The monoisotopic (exact) mass is 341 g/mol. The van der Waals surface area contributed by atoms with Gasteiger partial charge in [0.2, 0.25) is 0 Å². The summed E-state index contributed by atoms with van der Waals surface area (Å²) in [5.74, 6) is 2.83. The van der Waals surface area contributed by atoms with Gasteiger partial charge in [0.1, 0.15) is 11.5 Å². The summed E-state index contributed by atoms with van der Waals surface area (Å²) in [5, 5.41) is 6.69. The van der Waals surface area contributed by atoms with E-state index in [0.717, 1.165) is 29.6 Å². The zero-order valence-electron chi connectivity index (χ0n) is 15.4. The van der Waals surface area contributed by atoms with Gasteiger partial charge in [0.15, 0.2) is 5.96 Å². The minimum atomic E-state index is 0.298. The Morgan fingerprint density at radius 1 is 1.04 bits per heavy atom. The maximum absolute atomic E-state index is 5.44. The van der Waals surface area contributed by atoms with Gasteiger partial charge < -0.3 is 20.1 Å². The number of benzene rings is 2. The molecule has 0 saturated carbocycles. The lowest BCUT2D eigenvalue weighted by Gasteiger charge is -2.18. The molecular formula is C20H27N3O2. The first-order valence-corrected chi connectivity index (χ1v) is 8.38. The van der Waals surface area contributed by atoms with Crippen LogP contribution in [0.15, 0.2) is 53.5 Å². The third-order valence-electron chi connectivity index (χ3n) is 4.06. The molecule has 1 atom stereocenters. The van der Waals surface area contributed by atoms with E-state index in [2.05, 4.69) is 34.7 Å². The summed E-state index contributed by atoms with van der Waals surface area (Å²) in [6.07, 6.45) is 0. The highest BCUT2D eigenvalue weighted by atomic mass is 16.5. The first-order chi connectivity index (χ1) is 12.2. The summed E-state index contributed by atoms with van der Waals surface area (Å²) in [6, 6.07) is 16.1. The second-order valence-corrected chi connectivity index (χ2v) is 5.80. The van der Waals surface area contributed by atoms with Crippen molar-refractivity contribution in [2.45, 2.75) is 19.4 Å². The molecule has 2 rings (SSSR count). The lowest BCUT2D eigenvalue weighted by molar-refractivity contribution is 0.406. The van der Waals surface area contributed by atoms with E-state index in [1.807, 2.05) is 36.4 Å². The van der Waals surface area contributed by atoms with Crippen LogP contribution >= 0.6 is 0 Å². The maximum Gasteiger partial charge on any atom is 0.191 e. The Kier molecular flexibility index (Phi) is 7.14. The fourth-order valence-corrected chi connectivity index (χ4v) is 2.62. The smallest absolute Gasteiger partial charge is 0.191 e. The maximum atomic E-state index is 5.44. The van der Waals surface area contributed by atoms with E-state index in [-0.39, 0.29) is 0 Å². The number of rotatable bonds is 7. The fraction of sp³-hybridized carbons (Fsp3) is 0.350. The molecule has 5 heteroatoms. The van der Waals surface area contributed by atoms with Crippen LogP contribution in [0.3, 0.4) is 0 Å². The van der Waals surface area contributed by atoms with Crippen molar-refractivity contribution in [2.75, 3.05) is 27.8 Å². The molecule has 1 unspecified atom stereocenters. The molecule has 0 amide bonds. The SMILES string of the molecule is CN=C(NCc1cccc(OC)c1)NCC(C)c1ccccc1OC. The Hall–Kier alpha value is -2.69. The highest BCUT2D eigenvalue weighted by molar-refractivity contribution is 5.79. The van der Waals surface area contributed by atoms with Crippen molar-refractivity contribution in [3.8, 4) is 11.5 Å². The van der Waals surface area contributed by atoms with Crippen LogP contribution in [0.4, 0.5) is 0 Å². The van der Waals surface area contributed by atoms with Gasteiger partial charge in [-0.25, -0.2) is 0 Å². The molecular weight excluding hydrogens is 314 g/mol. The number of nitrogens with zero attached hydrogens (tertiary/aromatic N) is 1. The highest BCUT2D eigenvalue weighted by Gasteiger charge is 2.11. The molecule has 0 bridgehead atoms. The van der Waals surface area contributed by atoms with E-state index < -0.39 is 0 Å². The van der Waals surface area contributed by atoms with Crippen molar-refractivity contribution >= 4 is 5.96 Å². The molecule has 0 spiro atoms. The van der Waals surface area contributed by atoms with Crippen LogP contribution in [-0.4, -0.2) is 33.8 Å². The normalized spacial score (nSPS) is 12.4. The average Bonchev–Trinajstić information content (AvgIpc) is 2.68. The van der Waals surface area contributed by atoms with E-state index >= 15 is 0 Å². The quantitative estimate of drug-likeness (QED) is 0.600. The number of nitrogens with one attached hydrogen (secondary N) is 2. The molecule has 0 heterocycles. The topological polar surface area (TPSA) is 54.9 Å². The van der Waals surface area contributed by atoms with Crippen LogP contribution in [0.2, 0.25) is 0 Å². The van der Waals surface area contributed by atoms with Crippen molar-refractivity contribution in [1.82, 2.24) is 10.6 Å². The zero-order valence-corrected chi connectivity index (χ0v) is 15.4. The molecule has 134 valence electrons. The molecule has 0 aromatic heterocycles. The minimum absolute atomic E-state index is 0.298. The number of hydrogen-bond acceptors (Lipinski definition) is 3. The van der Waals surface area contributed by atoms with Crippen LogP contribution in [0.25, 0.3) is 0 Å². The lowest BCUT2D eigenvalue weighted by atomic mass is 10.0. The summed E-state index contributed by atoms with van der Waals surface area (Å²) in [5.41, 5.74) is 2.32. The van der Waals surface area contributed by atoms with Gasteiger partial charge >= 0.3 is 0 Å². The average molecular weight is 341 g/mol. The van der Waals surface area contributed by atoms with Crippen LogP contribution in [0, 0.1) is 0 Å². The van der Waals surface area contributed by atoms with Crippen molar-refractivity contribution in [3.63, 3.8) is 0 Å². The summed E-state index contributed by atoms with van der Waals surface area (Å²) in [4.78, 5) is 4.29. The van der Waals surface area contributed by atoms with Crippen LogP contribution in [-0.2, 0) is 6.54 Å². The predicted octanol–water partition coefficient (Wildman–Crippen LogP) is 3.17. The van der Waals surface area contributed by atoms with Crippen LogP contribution in [0.1, 0.15) is 24.0 Å². The number of methoxy groups -OCH3 is 2. The Morgan fingerprint density at radius 3 is 2.56 bits per heavy atom. The summed E-state index contributed by atoms with van der Waals surface area (Å²) in [7, 11) is 5.15. The first-order valence-electron chi connectivity index (χ1n) is 8.38. The molecule has 0 fully saturated rings. The number of aliphatic imine (C=N–C) groups is 1. The van der Waals surface area contributed by atoms with E-state index in [0.29, 0.717) is 12.5 Å². The first kappa shape index (κ1) is 18.6. The van der Waals surface area contributed by atoms with Gasteiger partial charge in [0, 0.05) is 26.1 Å². The van der Waals surface area contributed by atoms with Gasteiger partial charge in [-0.05, 0) is 29.3 Å². The molecule has 2 aromatic rings. The molecule has 0 aliphatic heterocycles. The Bertz CT molecular complexity index is 701. The molecule has 2 N–H and O–H groups in total. The molecule has 25 heavy (non-hydrogen) atoms. The van der Waals surface area contributed by atoms with Crippen LogP contribution < -0.4 is 20.1 Å². The molecule has 0 aliphatic carbocycles. The predicted molar refractivity (Wildman–Crippen MR) is 103 cm³/mol. The largest absolute Gasteiger partial charge is 0.497 e. The second kappa shape index (κ2) is 9.57. The Morgan fingerprint density at radius 2 is 1.84 bits per heavy atom. The van der Waals surface area contributed by atoms with Gasteiger partial charge in [0.25, 0.3) is 0 Å². The number of guanidine groups is 1. The third-order valence-corrected chi connectivity index (χ3v) is 4.06. The van der Waals surface area contributed by atoms with Crippen molar-refractivity contribution in [2.24, 2.45) is 4.99 Å². The summed E-state index contributed by atoms with van der Waals surface area (Å²) < 4.78 is 10.7. The lowest BCUT2D eigenvalue weighted by Crippen LogP contribution is -2.38. The molecule has 0 saturated heterocycles. The van der Waals surface area contributed by atoms with Gasteiger partial charge in [0.05, 0.1) is 14.2 Å². The van der Waals surface area contributed by atoms with Crippen molar-refractivity contribution in [3.05, 3.63) is 59.7 Å². The molecule has 5 nitrogen and oxygen atoms in total. The molecule has 0 radical (unpaired) electrons. The van der Waals surface area contributed by atoms with Gasteiger partial charge in [-0.3, -0.25) is 4.99 Å². The number of hydrogen-bond donors (Lipinski definition) is 2. The van der Waals surface area contributed by atoms with Gasteiger partial charge in [-0.1, -0.05) is 37.3 Å². The summed E-state index contributed by atoms with van der Waals surface area (Å²) >= 11 is 0. The second-order valence-electron chi connectivity index (χ2n) is 5.80. The fourth-order valence-electron chi connectivity index (χ4n) is 2.62. The van der Waals surface area contributed by atoms with Crippen molar-refractivity contribution < 1.29 is 9.47 Å². The third kappa shape index (κ3) is 5.41. The van der Waals surface area contributed by atoms with E-state index in [1.165, 1.54) is 5.56 Å². The molecule has 0 aliphatic rings. The van der Waals surface area contributed by atoms with Gasteiger partial charge in [-0.2, -0.15) is 0 Å². The number of ether oxygens (including phenoxy) is 2. The van der Waals surface area contributed by atoms with E-state index in [9.17, 15) is 0 Å². The van der Waals surface area contributed by atoms with E-state index in [4.69, 9.17) is 9.47 Å². The van der Waals surface area contributed by atoms with Crippen LogP contribution in [0.5, 0.6) is 11.5 Å². The van der Waals surface area contributed by atoms with Crippen molar-refractivity contribution in [1.29, 1.82) is 0 Å². The minimum Gasteiger partial charge on any atom is -0.497 e. The zero-order chi connectivity index (χ0) is 18.1. The van der Waals surface area contributed by atoms with E-state index in [1.54, 1.807) is 21.3 Å². The summed E-state index contributed by atoms with van der Waals surface area (Å²) in [6.45, 7) is 3.61.